The Balaban J connectivity index is 1.64. The minimum absolute atomic E-state index is 0.00655. The van der Waals surface area contributed by atoms with Crippen molar-refractivity contribution in [1.82, 2.24) is 14.5 Å². The van der Waals surface area contributed by atoms with Crippen LogP contribution in [0.15, 0.2) is 53.6 Å². The Morgan fingerprint density at radius 1 is 1.07 bits per heavy atom. The van der Waals surface area contributed by atoms with Gasteiger partial charge in [0.15, 0.2) is 0 Å². The minimum atomic E-state index is -0.108. The van der Waals surface area contributed by atoms with E-state index in [1.165, 1.54) is 10.9 Å². The third-order valence-corrected chi connectivity index (χ3v) is 4.92. The molecule has 0 saturated heterocycles. The van der Waals surface area contributed by atoms with Gasteiger partial charge in [-0.2, -0.15) is 0 Å². The Morgan fingerprint density at radius 3 is 2.46 bits per heavy atom. The number of aryl methyl sites for hydroxylation is 2. The molecule has 1 aromatic heterocycles. The molecule has 3 aromatic rings. The number of hydrogen-bond acceptors (Lipinski definition) is 4. The highest BCUT2D eigenvalue weighted by molar-refractivity contribution is 5.80. The maximum Gasteiger partial charge on any atom is 0.261 e. The molecule has 6 nitrogen and oxygen atoms in total. The van der Waals surface area contributed by atoms with Gasteiger partial charge in [-0.15, -0.1) is 0 Å². The van der Waals surface area contributed by atoms with Crippen molar-refractivity contribution >= 4 is 22.5 Å². The molecule has 1 heterocycles. The van der Waals surface area contributed by atoms with Crippen LogP contribution >= 0.6 is 0 Å². The van der Waals surface area contributed by atoms with Crippen LogP contribution in [0.3, 0.4) is 0 Å². The van der Waals surface area contributed by atoms with E-state index in [0.29, 0.717) is 24.0 Å². The Kier molecular flexibility index (Phi) is 5.78. The van der Waals surface area contributed by atoms with Crippen LogP contribution in [0.4, 0.5) is 5.69 Å². The summed E-state index contributed by atoms with van der Waals surface area (Å²) in [7, 11) is 5.78. The van der Waals surface area contributed by atoms with E-state index < -0.39 is 0 Å². The molecule has 3 rings (SSSR count). The lowest BCUT2D eigenvalue weighted by Gasteiger charge is -2.19. The molecule has 146 valence electrons. The molecule has 6 heteroatoms. The fourth-order valence-corrected chi connectivity index (χ4v) is 3.17. The van der Waals surface area contributed by atoms with Crippen LogP contribution in [0.25, 0.3) is 10.9 Å². The number of hydrogen-bond donors (Lipinski definition) is 0. The van der Waals surface area contributed by atoms with E-state index in [1.54, 1.807) is 18.0 Å². The summed E-state index contributed by atoms with van der Waals surface area (Å²) in [5, 5.41) is 0.587. The zero-order valence-corrected chi connectivity index (χ0v) is 16.8. The van der Waals surface area contributed by atoms with Crippen molar-refractivity contribution in [2.45, 2.75) is 26.4 Å². The molecule has 0 saturated carbocycles. The highest BCUT2D eigenvalue weighted by Gasteiger charge is 2.12. The van der Waals surface area contributed by atoms with E-state index in [4.69, 9.17) is 0 Å². The van der Waals surface area contributed by atoms with Crippen molar-refractivity contribution in [3.63, 3.8) is 0 Å². The largest absolute Gasteiger partial charge is 0.378 e. The van der Waals surface area contributed by atoms with Crippen LogP contribution in [0.2, 0.25) is 0 Å². The minimum Gasteiger partial charge on any atom is -0.378 e. The normalized spacial score (nSPS) is 10.9. The van der Waals surface area contributed by atoms with Crippen LogP contribution < -0.4 is 10.5 Å². The second-order valence-corrected chi connectivity index (χ2v) is 7.27. The number of rotatable bonds is 6. The summed E-state index contributed by atoms with van der Waals surface area (Å²) >= 11 is 0. The van der Waals surface area contributed by atoms with Crippen LogP contribution in [0.5, 0.6) is 0 Å². The molecule has 0 N–H and O–H groups in total. The van der Waals surface area contributed by atoms with Crippen molar-refractivity contribution in [1.29, 1.82) is 0 Å². The van der Waals surface area contributed by atoms with E-state index in [1.807, 2.05) is 62.3 Å². The van der Waals surface area contributed by atoms with Crippen molar-refractivity contribution in [3.05, 3.63) is 70.3 Å². The van der Waals surface area contributed by atoms with Crippen molar-refractivity contribution in [3.8, 4) is 0 Å². The molecule has 0 radical (unpaired) electrons. The number of carbonyl (C=O) groups excluding carboxylic acids is 1. The maximum atomic E-state index is 12.6. The Bertz CT molecular complexity index is 1040. The SMILES string of the molecule is Cc1cccc2c(=O)n(CCC(=O)N(C)Cc3ccc(N(C)C)cc3)cnc12. The summed E-state index contributed by atoms with van der Waals surface area (Å²) in [5.41, 5.74) is 3.77. The van der Waals surface area contributed by atoms with E-state index in [9.17, 15) is 9.59 Å². The zero-order chi connectivity index (χ0) is 20.3. The summed E-state index contributed by atoms with van der Waals surface area (Å²) in [6.45, 7) is 2.79. The molecule has 0 bridgehead atoms. The quantitative estimate of drug-likeness (QED) is 0.662. The van der Waals surface area contributed by atoms with Gasteiger partial charge in [-0.3, -0.25) is 14.2 Å². The summed E-state index contributed by atoms with van der Waals surface area (Å²) < 4.78 is 1.51. The van der Waals surface area contributed by atoms with Gasteiger partial charge in [-0.05, 0) is 36.2 Å². The monoisotopic (exact) mass is 378 g/mol. The number of nitrogens with zero attached hydrogens (tertiary/aromatic N) is 4. The number of amides is 1. The molecule has 0 unspecified atom stereocenters. The van der Waals surface area contributed by atoms with Crippen molar-refractivity contribution in [2.24, 2.45) is 0 Å². The molecule has 0 aliphatic heterocycles. The summed E-state index contributed by atoms with van der Waals surface area (Å²) in [4.78, 5) is 33.3. The van der Waals surface area contributed by atoms with Gasteiger partial charge in [-0.25, -0.2) is 4.98 Å². The van der Waals surface area contributed by atoms with Gasteiger partial charge in [0.05, 0.1) is 17.2 Å². The fourth-order valence-electron chi connectivity index (χ4n) is 3.17. The van der Waals surface area contributed by atoms with E-state index in [0.717, 1.165) is 16.8 Å². The summed E-state index contributed by atoms with van der Waals surface area (Å²) in [6, 6.07) is 13.7. The molecule has 0 aliphatic carbocycles. The number of fused-ring (bicyclic) bond motifs is 1. The first kappa shape index (κ1) is 19.6. The standard InChI is InChI=1S/C22H26N4O2/c1-16-6-5-7-19-21(16)23-15-26(22(19)28)13-12-20(27)25(4)14-17-8-10-18(11-9-17)24(2)3/h5-11,15H,12-14H2,1-4H3. The molecule has 0 atom stereocenters. The Hall–Kier alpha value is -3.15. The van der Waals surface area contributed by atoms with Gasteiger partial charge in [0, 0.05) is 46.3 Å². The molecule has 0 spiro atoms. The van der Waals surface area contributed by atoms with Gasteiger partial charge in [0.25, 0.3) is 5.56 Å². The number of benzene rings is 2. The zero-order valence-electron chi connectivity index (χ0n) is 16.8. The van der Waals surface area contributed by atoms with Crippen LogP contribution in [0, 0.1) is 6.92 Å². The number of para-hydroxylation sites is 1. The van der Waals surface area contributed by atoms with Gasteiger partial charge < -0.3 is 9.80 Å². The molecular formula is C22H26N4O2. The first-order chi connectivity index (χ1) is 13.4. The van der Waals surface area contributed by atoms with Crippen LogP contribution in [-0.4, -0.2) is 41.5 Å². The first-order valence-electron chi connectivity index (χ1n) is 9.32. The van der Waals surface area contributed by atoms with Gasteiger partial charge in [0.2, 0.25) is 5.91 Å². The van der Waals surface area contributed by atoms with Gasteiger partial charge >= 0.3 is 0 Å². The average Bonchev–Trinajstić information content (AvgIpc) is 2.68. The lowest BCUT2D eigenvalue weighted by atomic mass is 10.1. The highest BCUT2D eigenvalue weighted by atomic mass is 16.2. The van der Waals surface area contributed by atoms with Crippen molar-refractivity contribution in [2.75, 3.05) is 26.0 Å². The van der Waals surface area contributed by atoms with Crippen molar-refractivity contribution < 1.29 is 4.79 Å². The second kappa shape index (κ2) is 8.25. The van der Waals surface area contributed by atoms with E-state index >= 15 is 0 Å². The molecule has 1 amide bonds. The van der Waals surface area contributed by atoms with Gasteiger partial charge in [0.1, 0.15) is 0 Å². The third-order valence-electron chi connectivity index (χ3n) is 4.92. The molecule has 2 aromatic carbocycles. The smallest absolute Gasteiger partial charge is 0.261 e. The molecule has 0 aliphatic rings. The summed E-state index contributed by atoms with van der Waals surface area (Å²) in [5.74, 6) is -0.00655. The predicted octanol–water partition coefficient (Wildman–Crippen LogP) is 2.82. The molecule has 0 fully saturated rings. The number of carbonyl (C=O) groups is 1. The summed E-state index contributed by atoms with van der Waals surface area (Å²) in [6.07, 6.45) is 1.79. The maximum absolute atomic E-state index is 12.6. The fraction of sp³-hybridized carbons (Fsp3) is 0.318. The Labute approximate surface area is 165 Å². The lowest BCUT2D eigenvalue weighted by Crippen LogP contribution is -2.29. The highest BCUT2D eigenvalue weighted by Crippen LogP contribution is 2.14. The molecule has 28 heavy (non-hydrogen) atoms. The lowest BCUT2D eigenvalue weighted by molar-refractivity contribution is -0.130. The van der Waals surface area contributed by atoms with E-state index in [-0.39, 0.29) is 17.9 Å². The van der Waals surface area contributed by atoms with Crippen LogP contribution in [0.1, 0.15) is 17.5 Å². The first-order valence-corrected chi connectivity index (χ1v) is 9.32. The second-order valence-electron chi connectivity index (χ2n) is 7.27. The number of anilines is 1. The van der Waals surface area contributed by atoms with Gasteiger partial charge in [-0.1, -0.05) is 24.3 Å². The Morgan fingerprint density at radius 2 is 1.79 bits per heavy atom. The topological polar surface area (TPSA) is 58.4 Å². The third kappa shape index (κ3) is 4.22. The van der Waals surface area contributed by atoms with Crippen LogP contribution in [-0.2, 0) is 17.9 Å². The average molecular weight is 378 g/mol. The van der Waals surface area contributed by atoms with E-state index in [2.05, 4.69) is 4.98 Å². The number of aromatic nitrogens is 2. The predicted molar refractivity (Wildman–Crippen MR) is 113 cm³/mol. The molecular weight excluding hydrogens is 352 g/mol.